The molecule has 0 bridgehead atoms. The van der Waals surface area contributed by atoms with Crippen molar-refractivity contribution >= 4 is 11.8 Å². The Morgan fingerprint density at radius 1 is 1.43 bits per heavy atom. The van der Waals surface area contributed by atoms with E-state index in [2.05, 4.69) is 55.2 Å². The number of ether oxygens (including phenoxy) is 1. The zero-order chi connectivity index (χ0) is 16.5. The molecule has 1 aromatic carbocycles. The predicted molar refractivity (Wildman–Crippen MR) is 101 cm³/mol. The van der Waals surface area contributed by atoms with Crippen molar-refractivity contribution in [2.24, 2.45) is 0 Å². The van der Waals surface area contributed by atoms with E-state index in [-0.39, 0.29) is 11.4 Å². The molecule has 0 amide bonds. The van der Waals surface area contributed by atoms with Gasteiger partial charge in [-0.15, -0.1) is 11.8 Å². The van der Waals surface area contributed by atoms with Crippen LogP contribution in [0.15, 0.2) is 65.6 Å². The highest BCUT2D eigenvalue weighted by atomic mass is 32.2. The van der Waals surface area contributed by atoms with Crippen molar-refractivity contribution in [1.82, 2.24) is 5.32 Å². The molecule has 0 aliphatic carbocycles. The third-order valence-electron chi connectivity index (χ3n) is 3.88. The topological polar surface area (TPSA) is 21.3 Å². The molecule has 0 saturated carbocycles. The first-order valence-electron chi connectivity index (χ1n) is 8.31. The minimum absolute atomic E-state index is 0.154. The second-order valence-electron chi connectivity index (χ2n) is 5.57. The molecule has 1 aliphatic rings. The Bertz CT molecular complexity index is 559. The van der Waals surface area contributed by atoms with Gasteiger partial charge < -0.3 is 10.1 Å². The minimum atomic E-state index is 0.154. The van der Waals surface area contributed by atoms with E-state index in [9.17, 15) is 0 Å². The third kappa shape index (κ3) is 5.38. The summed E-state index contributed by atoms with van der Waals surface area (Å²) in [5.41, 5.74) is 2.49. The Hall–Kier alpha value is -1.29. The van der Waals surface area contributed by atoms with Crippen LogP contribution < -0.4 is 5.32 Å². The molecule has 3 heteroatoms. The number of rotatable bonds is 7. The van der Waals surface area contributed by atoms with Gasteiger partial charge in [0.2, 0.25) is 0 Å². The molecule has 124 valence electrons. The summed E-state index contributed by atoms with van der Waals surface area (Å²) in [6.45, 7) is 11.1. The first kappa shape index (κ1) is 18.1. The van der Waals surface area contributed by atoms with Crippen molar-refractivity contribution in [2.45, 2.75) is 36.5 Å². The van der Waals surface area contributed by atoms with Gasteiger partial charge in [0.1, 0.15) is 0 Å². The number of allylic oxidation sites excluding steroid dienone is 4. The lowest BCUT2D eigenvalue weighted by molar-refractivity contribution is 0.0331. The molecular formula is C20H27NOS. The van der Waals surface area contributed by atoms with Gasteiger partial charge in [0.05, 0.1) is 18.0 Å². The van der Waals surface area contributed by atoms with Crippen LogP contribution in [0.25, 0.3) is 0 Å². The van der Waals surface area contributed by atoms with Crippen molar-refractivity contribution in [3.63, 3.8) is 0 Å². The fraction of sp³-hybridized carbons (Fsp3) is 0.400. The Labute approximate surface area is 144 Å². The Kier molecular flexibility index (Phi) is 7.66. The molecule has 1 aliphatic heterocycles. The summed E-state index contributed by atoms with van der Waals surface area (Å²) >= 11 is 1.87. The van der Waals surface area contributed by atoms with Crippen molar-refractivity contribution in [3.05, 3.63) is 66.3 Å². The van der Waals surface area contributed by atoms with Crippen LogP contribution in [0.4, 0.5) is 0 Å². The molecule has 2 unspecified atom stereocenters. The second kappa shape index (κ2) is 9.76. The summed E-state index contributed by atoms with van der Waals surface area (Å²) in [7, 11) is 0. The maximum absolute atomic E-state index is 6.02. The van der Waals surface area contributed by atoms with Gasteiger partial charge in [-0.2, -0.15) is 0 Å². The van der Waals surface area contributed by atoms with E-state index in [0.717, 1.165) is 31.7 Å². The van der Waals surface area contributed by atoms with Crippen molar-refractivity contribution in [3.8, 4) is 0 Å². The van der Waals surface area contributed by atoms with Gasteiger partial charge in [-0.3, -0.25) is 0 Å². The Morgan fingerprint density at radius 2 is 2.26 bits per heavy atom. The van der Waals surface area contributed by atoms with Crippen molar-refractivity contribution < 1.29 is 4.74 Å². The average Bonchev–Trinajstić information content (AvgIpc) is 2.60. The maximum Gasteiger partial charge on any atom is 0.0862 e. The molecule has 0 spiro atoms. The summed E-state index contributed by atoms with van der Waals surface area (Å²) in [5.74, 6) is 0. The third-order valence-corrected chi connectivity index (χ3v) is 5.39. The Balaban J connectivity index is 2.19. The molecule has 0 radical (unpaired) electrons. The van der Waals surface area contributed by atoms with Crippen LogP contribution in [0.1, 0.15) is 19.4 Å². The summed E-state index contributed by atoms with van der Waals surface area (Å²) < 4.78 is 6.02. The fourth-order valence-corrected chi connectivity index (χ4v) is 3.95. The van der Waals surface area contributed by atoms with E-state index in [0.29, 0.717) is 0 Å². The number of hydrogen-bond donors (Lipinski definition) is 1. The van der Waals surface area contributed by atoms with E-state index in [4.69, 9.17) is 4.74 Å². The molecule has 2 nitrogen and oxygen atoms in total. The smallest absolute Gasteiger partial charge is 0.0862 e. The van der Waals surface area contributed by atoms with Crippen LogP contribution in [0.3, 0.4) is 0 Å². The predicted octanol–water partition coefficient (Wildman–Crippen LogP) is 4.39. The van der Waals surface area contributed by atoms with Crippen LogP contribution in [0.5, 0.6) is 0 Å². The first-order chi connectivity index (χ1) is 11.3. The van der Waals surface area contributed by atoms with Crippen LogP contribution in [0, 0.1) is 0 Å². The zero-order valence-corrected chi connectivity index (χ0v) is 14.9. The lowest BCUT2D eigenvalue weighted by atomic mass is 10.1. The lowest BCUT2D eigenvalue weighted by Gasteiger charge is -2.31. The highest BCUT2D eigenvalue weighted by Crippen LogP contribution is 2.34. The fourth-order valence-electron chi connectivity index (χ4n) is 2.60. The molecule has 2 atom stereocenters. The van der Waals surface area contributed by atoms with E-state index in [1.165, 1.54) is 10.5 Å². The molecule has 1 aromatic rings. The normalized spacial score (nSPS) is 20.2. The molecular weight excluding hydrogens is 302 g/mol. The van der Waals surface area contributed by atoms with Crippen LogP contribution in [0.2, 0.25) is 0 Å². The number of aryl methyl sites for hydroxylation is 1. The van der Waals surface area contributed by atoms with E-state index >= 15 is 0 Å². The van der Waals surface area contributed by atoms with Gasteiger partial charge in [0.25, 0.3) is 0 Å². The molecule has 1 saturated heterocycles. The quantitative estimate of drug-likeness (QED) is 0.592. The average molecular weight is 330 g/mol. The van der Waals surface area contributed by atoms with Crippen LogP contribution in [-0.2, 0) is 11.2 Å². The minimum Gasteiger partial charge on any atom is -0.374 e. The van der Waals surface area contributed by atoms with Gasteiger partial charge in [0, 0.05) is 18.0 Å². The zero-order valence-electron chi connectivity index (χ0n) is 14.1. The van der Waals surface area contributed by atoms with E-state index in [1.807, 2.05) is 30.8 Å². The lowest BCUT2D eigenvalue weighted by Crippen LogP contribution is -2.44. The van der Waals surface area contributed by atoms with Crippen LogP contribution >= 0.6 is 11.8 Å². The van der Waals surface area contributed by atoms with E-state index < -0.39 is 0 Å². The van der Waals surface area contributed by atoms with E-state index in [1.54, 1.807) is 0 Å². The summed E-state index contributed by atoms with van der Waals surface area (Å²) in [6.07, 6.45) is 9.41. The number of morpholine rings is 1. The highest BCUT2D eigenvalue weighted by Gasteiger charge is 2.27. The number of thioether (sulfide) groups is 1. The summed E-state index contributed by atoms with van der Waals surface area (Å²) in [6, 6.07) is 8.63. The van der Waals surface area contributed by atoms with Gasteiger partial charge in [-0.05, 0) is 30.5 Å². The Morgan fingerprint density at radius 3 is 2.96 bits per heavy atom. The van der Waals surface area contributed by atoms with Crippen LogP contribution in [-0.4, -0.2) is 31.1 Å². The molecule has 23 heavy (non-hydrogen) atoms. The highest BCUT2D eigenvalue weighted by molar-refractivity contribution is 8.00. The van der Waals surface area contributed by atoms with Gasteiger partial charge >= 0.3 is 0 Å². The largest absolute Gasteiger partial charge is 0.374 e. The van der Waals surface area contributed by atoms with Gasteiger partial charge in [-0.25, -0.2) is 0 Å². The molecule has 1 heterocycles. The molecule has 1 N–H and O–H groups in total. The molecule has 0 aromatic heterocycles. The van der Waals surface area contributed by atoms with Crippen molar-refractivity contribution in [1.29, 1.82) is 0 Å². The number of nitrogens with one attached hydrogen (secondary N) is 1. The maximum atomic E-state index is 6.02. The molecule has 1 fully saturated rings. The summed E-state index contributed by atoms with van der Waals surface area (Å²) in [5, 5.41) is 3.65. The monoisotopic (exact) mass is 329 g/mol. The standard InChI is InChI=1S/C20H27NOS/c1-4-6-7-10-16(3)20(18-15-21-13-14-22-18)23-19-12-9-8-11-17(19)5-2/h4,6-12,18,20-21H,3,5,13-15H2,1-2H3/b6-4-,10-7-. The number of hydrogen-bond acceptors (Lipinski definition) is 3. The summed E-state index contributed by atoms with van der Waals surface area (Å²) in [4.78, 5) is 1.33. The number of benzene rings is 1. The first-order valence-corrected chi connectivity index (χ1v) is 9.19. The molecule has 2 rings (SSSR count). The second-order valence-corrected chi connectivity index (χ2v) is 6.76. The van der Waals surface area contributed by atoms with Gasteiger partial charge in [-0.1, -0.05) is 56.0 Å². The van der Waals surface area contributed by atoms with Gasteiger partial charge in [0.15, 0.2) is 0 Å². The van der Waals surface area contributed by atoms with Crippen molar-refractivity contribution in [2.75, 3.05) is 19.7 Å². The SMILES string of the molecule is C=C(/C=C\C=C/C)C(Sc1ccccc1CC)C1CNCCO1.